The van der Waals surface area contributed by atoms with Gasteiger partial charge in [0.1, 0.15) is 22.3 Å². The number of furan rings is 2. The maximum atomic E-state index is 6.50. The molecule has 0 fully saturated rings. The SMILES string of the molecule is c1ccc(-c2c3c4cccc5c6cc(N(c7ccccc7)c7cccc8oc9ccccc9c78)ccc6n(c3c(-c3ccccc3)c3c6cccc7c8cc(N(c9ccccc9)c9cccc%10oc%11ccccc%11c9%10)ccc8n(c23)c76)c54)cc1. The molecule has 0 aliphatic heterocycles. The number of anilines is 6. The molecule has 6 nitrogen and oxygen atoms in total. The zero-order valence-corrected chi connectivity index (χ0v) is 45.2. The van der Waals surface area contributed by atoms with Gasteiger partial charge in [0.25, 0.3) is 0 Å². The molecule has 0 N–H and O–H groups in total. The van der Waals surface area contributed by atoms with Crippen molar-refractivity contribution in [1.82, 2.24) is 8.80 Å². The quantitative estimate of drug-likeness (QED) is 0.152. The van der Waals surface area contributed by atoms with Gasteiger partial charge in [-0.05, 0) is 108 Å². The molecule has 0 saturated heterocycles. The maximum Gasteiger partial charge on any atom is 0.137 e. The van der Waals surface area contributed by atoms with Crippen LogP contribution < -0.4 is 9.80 Å². The number of fused-ring (bicyclic) bond motifs is 18. The van der Waals surface area contributed by atoms with Crippen molar-refractivity contribution in [1.29, 1.82) is 0 Å². The first-order valence-electron chi connectivity index (χ1n) is 28.7. The van der Waals surface area contributed by atoms with Crippen LogP contribution in [-0.2, 0) is 0 Å². The van der Waals surface area contributed by atoms with E-state index in [1.165, 1.54) is 87.4 Å². The van der Waals surface area contributed by atoms with Crippen molar-refractivity contribution in [3.63, 3.8) is 0 Å². The van der Waals surface area contributed by atoms with Gasteiger partial charge in [0.2, 0.25) is 0 Å². The van der Waals surface area contributed by atoms with E-state index in [4.69, 9.17) is 8.83 Å². The van der Waals surface area contributed by atoms with Gasteiger partial charge in [-0.2, -0.15) is 0 Å². The number of hydrogen-bond acceptors (Lipinski definition) is 4. The maximum absolute atomic E-state index is 6.50. The second-order valence-electron chi connectivity index (χ2n) is 22.2. The lowest BCUT2D eigenvalue weighted by molar-refractivity contribution is 0.668. The number of nitrogens with zero attached hydrogens (tertiary/aromatic N) is 4. The third kappa shape index (κ3) is 6.12. The van der Waals surface area contributed by atoms with Crippen molar-refractivity contribution in [3.8, 4) is 22.3 Å². The fourth-order valence-electron chi connectivity index (χ4n) is 14.6. The van der Waals surface area contributed by atoms with E-state index in [-0.39, 0.29) is 0 Å². The average molecular weight is 1070 g/mol. The molecule has 13 aromatic carbocycles. The van der Waals surface area contributed by atoms with E-state index in [1.54, 1.807) is 0 Å². The highest BCUT2D eigenvalue weighted by atomic mass is 16.3. The molecule has 0 spiro atoms. The van der Waals surface area contributed by atoms with Gasteiger partial charge in [0.15, 0.2) is 0 Å². The molecule has 0 saturated carbocycles. The molecule has 6 aromatic heterocycles. The van der Waals surface area contributed by atoms with Crippen molar-refractivity contribution < 1.29 is 8.83 Å². The highest BCUT2D eigenvalue weighted by Crippen LogP contribution is 2.55. The molecule has 6 heterocycles. The Hall–Kier alpha value is -11.3. The summed E-state index contributed by atoms with van der Waals surface area (Å²) in [7, 11) is 0. The summed E-state index contributed by atoms with van der Waals surface area (Å²) < 4.78 is 18.2. The molecule has 0 aliphatic rings. The van der Waals surface area contributed by atoms with Crippen LogP contribution in [0, 0.1) is 0 Å². The van der Waals surface area contributed by atoms with Gasteiger partial charge in [-0.3, -0.25) is 0 Å². The number of benzene rings is 13. The summed E-state index contributed by atoms with van der Waals surface area (Å²) in [6.45, 7) is 0. The number of aromatic nitrogens is 2. The van der Waals surface area contributed by atoms with Crippen LogP contribution in [0.1, 0.15) is 0 Å². The zero-order valence-electron chi connectivity index (χ0n) is 45.2. The summed E-state index contributed by atoms with van der Waals surface area (Å²) in [6, 6.07) is 101. The summed E-state index contributed by atoms with van der Waals surface area (Å²) in [5.74, 6) is 0. The molecule has 0 atom stereocenters. The third-order valence-corrected chi connectivity index (χ3v) is 17.9. The van der Waals surface area contributed by atoms with Crippen LogP contribution in [0.5, 0.6) is 0 Å². The van der Waals surface area contributed by atoms with Crippen LogP contribution >= 0.6 is 0 Å². The van der Waals surface area contributed by atoms with Crippen LogP contribution in [0.25, 0.3) is 142 Å². The van der Waals surface area contributed by atoms with Crippen LogP contribution in [0.3, 0.4) is 0 Å². The Morgan fingerprint density at radius 3 is 1.04 bits per heavy atom. The molecule has 84 heavy (non-hydrogen) atoms. The number of hydrogen-bond donors (Lipinski definition) is 0. The summed E-state index contributed by atoms with van der Waals surface area (Å²) in [4.78, 5) is 4.80. The molecule has 19 rings (SSSR count). The molecule has 0 radical (unpaired) electrons. The Labute approximate surface area is 480 Å². The van der Waals surface area contributed by atoms with E-state index in [2.05, 4.69) is 286 Å². The predicted molar refractivity (Wildman–Crippen MR) is 351 cm³/mol. The molecular formula is C78H46N4O2. The summed E-state index contributed by atoms with van der Waals surface area (Å²) in [6.07, 6.45) is 0. The predicted octanol–water partition coefficient (Wildman–Crippen LogP) is 22.1. The Bertz CT molecular complexity index is 5490. The molecule has 0 unspecified atom stereocenters. The highest BCUT2D eigenvalue weighted by molar-refractivity contribution is 6.38. The van der Waals surface area contributed by atoms with E-state index in [0.29, 0.717) is 0 Å². The van der Waals surface area contributed by atoms with E-state index in [0.717, 1.165) is 89.0 Å². The second kappa shape index (κ2) is 17.1. The first-order chi connectivity index (χ1) is 41.7. The average Bonchev–Trinajstić information content (AvgIpc) is 2.05. The molecule has 0 bridgehead atoms. The Balaban J connectivity index is 0.916. The standard InChI is InChI=1S/C78H46N4O2/c1-5-21-47(22-6-1)69-73-57-33-17-31-53-60-46-52(80(50-27-11-4-12-28-50)64-36-20-40-68-72(64)56-30-14-16-38-66(56)84-68)42-44-62(60)82(75(53)57)78(73)70(48-23-7-2-8-24-48)74-58-34-18-32-54-59-45-51(41-43-61(59)81(76(54)58)77(69)74)79(49-25-9-3-10-26-49)63-35-19-39-67-71(63)55-29-13-15-37-65(55)83-67/h1-46H. The van der Waals surface area contributed by atoms with Crippen molar-refractivity contribution in [2.45, 2.75) is 0 Å². The topological polar surface area (TPSA) is 41.6 Å². The smallest absolute Gasteiger partial charge is 0.137 e. The second-order valence-corrected chi connectivity index (χ2v) is 22.2. The largest absolute Gasteiger partial charge is 0.456 e. The molecule has 0 aliphatic carbocycles. The fraction of sp³-hybridized carbons (Fsp3) is 0. The molecule has 390 valence electrons. The highest BCUT2D eigenvalue weighted by Gasteiger charge is 2.32. The first-order valence-corrected chi connectivity index (χ1v) is 28.7. The van der Waals surface area contributed by atoms with Gasteiger partial charge < -0.3 is 27.4 Å². The van der Waals surface area contributed by atoms with Gasteiger partial charge in [0.05, 0.1) is 55.2 Å². The minimum atomic E-state index is 0.862. The van der Waals surface area contributed by atoms with Crippen molar-refractivity contribution >= 4 is 154 Å². The van der Waals surface area contributed by atoms with E-state index < -0.39 is 0 Å². The molecule has 0 amide bonds. The molecular weight excluding hydrogens is 1020 g/mol. The molecule has 6 heteroatoms. The monoisotopic (exact) mass is 1070 g/mol. The Morgan fingerprint density at radius 1 is 0.238 bits per heavy atom. The fourth-order valence-corrected chi connectivity index (χ4v) is 14.6. The Morgan fingerprint density at radius 2 is 0.595 bits per heavy atom. The van der Waals surface area contributed by atoms with Crippen LogP contribution in [0.15, 0.2) is 288 Å². The lowest BCUT2D eigenvalue weighted by Gasteiger charge is -2.26. The van der Waals surface area contributed by atoms with E-state index in [1.807, 2.05) is 12.1 Å². The van der Waals surface area contributed by atoms with Crippen LogP contribution in [0.2, 0.25) is 0 Å². The lowest BCUT2D eigenvalue weighted by Crippen LogP contribution is -2.10. The zero-order chi connectivity index (χ0) is 54.7. The van der Waals surface area contributed by atoms with Crippen LogP contribution in [-0.4, -0.2) is 8.80 Å². The number of para-hydroxylation sites is 6. The lowest BCUT2D eigenvalue weighted by atomic mass is 9.89. The van der Waals surface area contributed by atoms with E-state index >= 15 is 0 Å². The third-order valence-electron chi connectivity index (χ3n) is 17.9. The minimum absolute atomic E-state index is 0.862. The van der Waals surface area contributed by atoms with Crippen LogP contribution in [0.4, 0.5) is 34.1 Å². The first kappa shape index (κ1) is 45.4. The number of rotatable bonds is 8. The summed E-state index contributed by atoms with van der Waals surface area (Å²) in [5, 5.41) is 14.1. The normalized spacial score (nSPS) is 12.3. The van der Waals surface area contributed by atoms with Gasteiger partial charge in [0, 0.05) is 87.7 Å². The van der Waals surface area contributed by atoms with Crippen molar-refractivity contribution in [2.24, 2.45) is 0 Å². The molecule has 19 aromatic rings. The van der Waals surface area contributed by atoms with Crippen molar-refractivity contribution in [3.05, 3.63) is 279 Å². The van der Waals surface area contributed by atoms with Gasteiger partial charge in [-0.25, -0.2) is 0 Å². The summed E-state index contributed by atoms with van der Waals surface area (Å²) in [5.41, 5.74) is 21.8. The van der Waals surface area contributed by atoms with Gasteiger partial charge in [-0.15, -0.1) is 0 Å². The minimum Gasteiger partial charge on any atom is -0.456 e. The van der Waals surface area contributed by atoms with Gasteiger partial charge in [-0.1, -0.05) is 182 Å². The van der Waals surface area contributed by atoms with Crippen molar-refractivity contribution in [2.75, 3.05) is 9.80 Å². The Kier molecular flexibility index (Phi) is 9.24. The van der Waals surface area contributed by atoms with Gasteiger partial charge >= 0.3 is 0 Å². The van der Waals surface area contributed by atoms with E-state index in [9.17, 15) is 0 Å². The summed E-state index contributed by atoms with van der Waals surface area (Å²) >= 11 is 0.